The Morgan fingerprint density at radius 2 is 2.05 bits per heavy atom. The molecule has 2 aromatic rings. The van der Waals surface area contributed by atoms with Gasteiger partial charge in [-0.3, -0.25) is 0 Å². The molecule has 0 N–H and O–H groups in total. The molecule has 0 radical (unpaired) electrons. The van der Waals surface area contributed by atoms with E-state index in [2.05, 4.69) is 48.8 Å². The number of aryl methyl sites for hydroxylation is 1. The van der Waals surface area contributed by atoms with Gasteiger partial charge in [0.25, 0.3) is 0 Å². The number of fused-ring (bicyclic) bond motifs is 1. The van der Waals surface area contributed by atoms with Gasteiger partial charge in [-0.15, -0.1) is 0 Å². The second-order valence-corrected chi connectivity index (χ2v) is 6.55. The smallest absolute Gasteiger partial charge is 0.231 e. The molecule has 110 valence electrons. The standard InChI is InChI=1S/C14H11Br2ClN2O2/c1-2-3-9-11(16)13(17)19-14(18-9)7-4-8(15)12-10(5-7)20-6-21-12/h4-5H,2-3,6H2,1H3. The predicted octanol–water partition coefficient (Wildman–Crippen LogP) is 5.00. The van der Waals surface area contributed by atoms with Gasteiger partial charge in [0, 0.05) is 5.56 Å². The average Bonchev–Trinajstić information content (AvgIpc) is 2.92. The Hall–Kier alpha value is -0.850. The van der Waals surface area contributed by atoms with Crippen LogP contribution < -0.4 is 9.47 Å². The molecule has 1 aromatic carbocycles. The van der Waals surface area contributed by atoms with Crippen molar-refractivity contribution in [3.63, 3.8) is 0 Å². The van der Waals surface area contributed by atoms with E-state index in [9.17, 15) is 0 Å². The van der Waals surface area contributed by atoms with Crippen molar-refractivity contribution in [2.24, 2.45) is 0 Å². The van der Waals surface area contributed by atoms with Crippen molar-refractivity contribution in [2.75, 3.05) is 6.79 Å². The van der Waals surface area contributed by atoms with E-state index in [1.165, 1.54) is 0 Å². The first-order valence-electron chi connectivity index (χ1n) is 6.41. The SMILES string of the molecule is CCCc1nc(-c2cc(Br)c3c(c2)OCO3)nc(Cl)c1Br. The van der Waals surface area contributed by atoms with E-state index in [0.29, 0.717) is 22.5 Å². The molecule has 0 fully saturated rings. The normalized spacial score (nSPS) is 12.8. The number of rotatable bonds is 3. The Bertz CT molecular complexity index is 710. The maximum atomic E-state index is 6.20. The van der Waals surface area contributed by atoms with Gasteiger partial charge < -0.3 is 9.47 Å². The number of hydrogen-bond acceptors (Lipinski definition) is 4. The molecule has 21 heavy (non-hydrogen) atoms. The summed E-state index contributed by atoms with van der Waals surface area (Å²) in [7, 11) is 0. The van der Waals surface area contributed by atoms with E-state index in [1.54, 1.807) is 0 Å². The highest BCUT2D eigenvalue weighted by Crippen LogP contribution is 2.42. The number of nitrogens with zero attached hydrogens (tertiary/aromatic N) is 2. The Kier molecular flexibility index (Phi) is 4.38. The number of ether oxygens (including phenoxy) is 2. The van der Waals surface area contributed by atoms with Crippen LogP contribution in [0.1, 0.15) is 19.0 Å². The van der Waals surface area contributed by atoms with E-state index in [-0.39, 0.29) is 6.79 Å². The van der Waals surface area contributed by atoms with Gasteiger partial charge in [0.15, 0.2) is 17.3 Å². The molecule has 0 amide bonds. The number of aromatic nitrogens is 2. The van der Waals surface area contributed by atoms with Gasteiger partial charge in [-0.05, 0) is 50.4 Å². The minimum absolute atomic E-state index is 0.223. The lowest BCUT2D eigenvalue weighted by atomic mass is 10.1. The molecule has 0 atom stereocenters. The zero-order chi connectivity index (χ0) is 15.0. The fourth-order valence-electron chi connectivity index (χ4n) is 2.09. The van der Waals surface area contributed by atoms with Crippen molar-refractivity contribution < 1.29 is 9.47 Å². The van der Waals surface area contributed by atoms with Crippen LogP contribution in [0.25, 0.3) is 11.4 Å². The molecule has 1 aliphatic rings. The first kappa shape index (κ1) is 15.1. The molecule has 7 heteroatoms. The van der Waals surface area contributed by atoms with Crippen LogP contribution in [0.5, 0.6) is 11.5 Å². The van der Waals surface area contributed by atoms with Crippen LogP contribution in [0.4, 0.5) is 0 Å². The monoisotopic (exact) mass is 432 g/mol. The summed E-state index contributed by atoms with van der Waals surface area (Å²) in [5.74, 6) is 1.96. The van der Waals surface area contributed by atoms with Gasteiger partial charge in [0.2, 0.25) is 6.79 Å². The summed E-state index contributed by atoms with van der Waals surface area (Å²) >= 11 is 13.1. The highest BCUT2D eigenvalue weighted by Gasteiger charge is 2.20. The quantitative estimate of drug-likeness (QED) is 0.638. The van der Waals surface area contributed by atoms with Gasteiger partial charge >= 0.3 is 0 Å². The largest absolute Gasteiger partial charge is 0.454 e. The summed E-state index contributed by atoms with van der Waals surface area (Å²) in [5.41, 5.74) is 1.74. The number of benzene rings is 1. The molecule has 3 rings (SSSR count). The highest BCUT2D eigenvalue weighted by atomic mass is 79.9. The molecule has 2 heterocycles. The molecule has 0 saturated carbocycles. The van der Waals surface area contributed by atoms with E-state index in [0.717, 1.165) is 33.0 Å². The summed E-state index contributed by atoms with van der Waals surface area (Å²) in [4.78, 5) is 8.94. The molecular weight excluding hydrogens is 423 g/mol. The van der Waals surface area contributed by atoms with Crippen molar-refractivity contribution in [2.45, 2.75) is 19.8 Å². The van der Waals surface area contributed by atoms with Crippen LogP contribution in [0.3, 0.4) is 0 Å². The lowest BCUT2D eigenvalue weighted by molar-refractivity contribution is 0.173. The second-order valence-electron chi connectivity index (χ2n) is 4.54. The number of halogens is 3. The third-order valence-corrected chi connectivity index (χ3v) is 4.98. The lowest BCUT2D eigenvalue weighted by Crippen LogP contribution is -1.98. The Labute approximate surface area is 144 Å². The summed E-state index contributed by atoms with van der Waals surface area (Å²) in [5, 5.41) is 0.414. The summed E-state index contributed by atoms with van der Waals surface area (Å²) in [6, 6.07) is 3.77. The van der Waals surface area contributed by atoms with Crippen LogP contribution in [-0.4, -0.2) is 16.8 Å². The highest BCUT2D eigenvalue weighted by molar-refractivity contribution is 9.11. The molecular formula is C14H11Br2ClN2O2. The minimum atomic E-state index is 0.223. The van der Waals surface area contributed by atoms with Crippen molar-refractivity contribution >= 4 is 43.5 Å². The van der Waals surface area contributed by atoms with Crippen molar-refractivity contribution in [3.8, 4) is 22.9 Å². The van der Waals surface area contributed by atoms with E-state index < -0.39 is 0 Å². The molecule has 0 spiro atoms. The predicted molar refractivity (Wildman–Crippen MR) is 88.0 cm³/mol. The number of hydrogen-bond donors (Lipinski definition) is 0. The lowest BCUT2D eigenvalue weighted by Gasteiger charge is -2.09. The Morgan fingerprint density at radius 3 is 2.81 bits per heavy atom. The van der Waals surface area contributed by atoms with Crippen LogP contribution in [-0.2, 0) is 6.42 Å². The average molecular weight is 435 g/mol. The zero-order valence-electron chi connectivity index (χ0n) is 11.1. The van der Waals surface area contributed by atoms with Crippen molar-refractivity contribution in [3.05, 3.63) is 31.9 Å². The molecule has 0 aliphatic carbocycles. The van der Waals surface area contributed by atoms with Crippen LogP contribution >= 0.6 is 43.5 Å². The van der Waals surface area contributed by atoms with Crippen LogP contribution in [0.15, 0.2) is 21.1 Å². The van der Waals surface area contributed by atoms with Gasteiger partial charge in [0.1, 0.15) is 5.15 Å². The first-order valence-corrected chi connectivity index (χ1v) is 8.38. The summed E-state index contributed by atoms with van der Waals surface area (Å²) < 4.78 is 12.4. The van der Waals surface area contributed by atoms with Gasteiger partial charge in [0.05, 0.1) is 14.6 Å². The molecule has 0 unspecified atom stereocenters. The topological polar surface area (TPSA) is 44.2 Å². The van der Waals surface area contributed by atoms with Gasteiger partial charge in [-0.1, -0.05) is 24.9 Å². The third-order valence-electron chi connectivity index (χ3n) is 3.05. The maximum absolute atomic E-state index is 6.20. The van der Waals surface area contributed by atoms with Crippen molar-refractivity contribution in [1.29, 1.82) is 0 Å². The minimum Gasteiger partial charge on any atom is -0.454 e. The molecule has 0 saturated heterocycles. The molecule has 1 aromatic heterocycles. The molecule has 1 aliphatic heterocycles. The van der Waals surface area contributed by atoms with E-state index in [1.807, 2.05) is 12.1 Å². The molecule has 4 nitrogen and oxygen atoms in total. The molecule has 0 bridgehead atoms. The first-order chi connectivity index (χ1) is 10.1. The Balaban J connectivity index is 2.10. The van der Waals surface area contributed by atoms with E-state index in [4.69, 9.17) is 21.1 Å². The Morgan fingerprint density at radius 1 is 1.24 bits per heavy atom. The van der Waals surface area contributed by atoms with Gasteiger partial charge in [-0.2, -0.15) is 0 Å². The van der Waals surface area contributed by atoms with E-state index >= 15 is 0 Å². The second kappa shape index (κ2) is 6.10. The summed E-state index contributed by atoms with van der Waals surface area (Å²) in [6.45, 7) is 2.32. The summed E-state index contributed by atoms with van der Waals surface area (Å²) in [6.07, 6.45) is 1.82. The zero-order valence-corrected chi connectivity index (χ0v) is 15.0. The van der Waals surface area contributed by atoms with Gasteiger partial charge in [-0.25, -0.2) is 9.97 Å². The van der Waals surface area contributed by atoms with Crippen molar-refractivity contribution in [1.82, 2.24) is 9.97 Å². The maximum Gasteiger partial charge on any atom is 0.231 e. The van der Waals surface area contributed by atoms with Crippen LogP contribution in [0, 0.1) is 0 Å². The third kappa shape index (κ3) is 2.89. The fraction of sp³-hybridized carbons (Fsp3) is 0.286. The fourth-order valence-corrected chi connectivity index (χ4v) is 3.21. The van der Waals surface area contributed by atoms with Crippen LogP contribution in [0.2, 0.25) is 5.15 Å².